The van der Waals surface area contributed by atoms with E-state index in [2.05, 4.69) is 10.1 Å². The van der Waals surface area contributed by atoms with Crippen LogP contribution in [0, 0.1) is 0 Å². The molecule has 0 fully saturated rings. The van der Waals surface area contributed by atoms with Crippen molar-refractivity contribution in [2.45, 2.75) is 19.6 Å². The summed E-state index contributed by atoms with van der Waals surface area (Å²) in [6, 6.07) is 5.11. The molecule has 0 spiro atoms. The summed E-state index contributed by atoms with van der Waals surface area (Å²) in [6.45, 7) is 1.59. The molecule has 0 amide bonds. The van der Waals surface area contributed by atoms with Crippen molar-refractivity contribution in [2.75, 3.05) is 7.11 Å². The lowest BCUT2D eigenvalue weighted by Crippen LogP contribution is -1.98. The van der Waals surface area contributed by atoms with Crippen molar-refractivity contribution >= 4 is 0 Å². The van der Waals surface area contributed by atoms with Crippen LogP contribution in [0.1, 0.15) is 24.5 Å². The Balaban J connectivity index is 2.59. The van der Waals surface area contributed by atoms with Gasteiger partial charge in [0.25, 0.3) is 0 Å². The van der Waals surface area contributed by atoms with Gasteiger partial charge in [-0.1, -0.05) is 17.3 Å². The predicted octanol–water partition coefficient (Wildman–Crippen LogP) is 2.23. The first-order valence-corrected chi connectivity index (χ1v) is 5.51. The second kappa shape index (κ2) is 5.14. The van der Waals surface area contributed by atoms with Crippen LogP contribution in [0.25, 0.3) is 11.4 Å². The van der Waals surface area contributed by atoms with E-state index in [1.54, 1.807) is 18.2 Å². The predicted molar refractivity (Wildman–Crippen MR) is 63.7 cm³/mol. The van der Waals surface area contributed by atoms with Crippen LogP contribution in [0.5, 0.6) is 5.75 Å². The molecule has 1 atom stereocenters. The van der Waals surface area contributed by atoms with E-state index in [0.29, 0.717) is 22.8 Å². The number of nitrogens with two attached hydrogens (primary N) is 1. The lowest BCUT2D eigenvalue weighted by molar-refractivity contribution is 0.368. The van der Waals surface area contributed by atoms with Crippen molar-refractivity contribution in [3.63, 3.8) is 0 Å². The second-order valence-corrected chi connectivity index (χ2v) is 3.76. The fourth-order valence-corrected chi connectivity index (χ4v) is 1.73. The topological polar surface area (TPSA) is 74.2 Å². The van der Waals surface area contributed by atoms with Crippen molar-refractivity contribution in [1.82, 2.24) is 10.1 Å². The molecule has 1 aromatic carbocycles. The summed E-state index contributed by atoms with van der Waals surface area (Å²) in [5.41, 5.74) is 6.36. The molecular weight excluding hydrogens is 237 g/mol. The molecule has 0 bridgehead atoms. The highest BCUT2D eigenvalue weighted by Gasteiger charge is 2.20. The molecule has 0 saturated carbocycles. The molecule has 96 valence electrons. The van der Waals surface area contributed by atoms with Gasteiger partial charge in [0.1, 0.15) is 11.9 Å². The Bertz CT molecular complexity index is 540. The first-order chi connectivity index (χ1) is 8.67. The fraction of sp³-hybridized carbons (Fsp3) is 0.333. The Labute approximate surface area is 104 Å². The first kappa shape index (κ1) is 12.5. The maximum absolute atomic E-state index is 13.6. The minimum absolute atomic E-state index is 0.142. The first-order valence-electron chi connectivity index (χ1n) is 5.51. The van der Waals surface area contributed by atoms with Crippen LogP contribution in [0.2, 0.25) is 0 Å². The van der Waals surface area contributed by atoms with Gasteiger partial charge in [0.15, 0.2) is 0 Å². The van der Waals surface area contributed by atoms with E-state index in [0.717, 1.165) is 0 Å². The zero-order valence-corrected chi connectivity index (χ0v) is 10.2. The monoisotopic (exact) mass is 251 g/mol. The van der Waals surface area contributed by atoms with Crippen LogP contribution in [-0.2, 0) is 6.54 Å². The molecule has 2 N–H and O–H groups in total. The van der Waals surface area contributed by atoms with Crippen molar-refractivity contribution in [3.8, 4) is 17.1 Å². The van der Waals surface area contributed by atoms with Crippen molar-refractivity contribution < 1.29 is 13.7 Å². The molecule has 0 saturated heterocycles. The van der Waals surface area contributed by atoms with Crippen LogP contribution in [0.3, 0.4) is 0 Å². The van der Waals surface area contributed by atoms with Crippen LogP contribution < -0.4 is 10.5 Å². The number of rotatable bonds is 4. The zero-order chi connectivity index (χ0) is 13.1. The number of aromatic nitrogens is 2. The largest absolute Gasteiger partial charge is 0.496 e. The fourth-order valence-electron chi connectivity index (χ4n) is 1.73. The Hall–Kier alpha value is -1.95. The molecule has 1 aromatic heterocycles. The molecule has 0 aliphatic rings. The lowest BCUT2D eigenvalue weighted by atomic mass is 10.0. The molecule has 18 heavy (non-hydrogen) atoms. The van der Waals surface area contributed by atoms with E-state index in [1.807, 2.05) is 0 Å². The third-order valence-electron chi connectivity index (χ3n) is 2.57. The van der Waals surface area contributed by atoms with Crippen LogP contribution in [0.4, 0.5) is 4.39 Å². The van der Waals surface area contributed by atoms with Gasteiger partial charge in [0.2, 0.25) is 11.7 Å². The Morgan fingerprint density at radius 3 is 2.83 bits per heavy atom. The molecule has 5 nitrogen and oxygen atoms in total. The molecule has 1 heterocycles. The summed E-state index contributed by atoms with van der Waals surface area (Å²) < 4.78 is 23.8. The average molecular weight is 251 g/mol. The van der Waals surface area contributed by atoms with Gasteiger partial charge < -0.3 is 15.0 Å². The summed E-state index contributed by atoms with van der Waals surface area (Å²) in [5.74, 6) is 1.09. The van der Waals surface area contributed by atoms with Gasteiger partial charge in [-0.05, 0) is 13.0 Å². The zero-order valence-electron chi connectivity index (χ0n) is 10.2. The van der Waals surface area contributed by atoms with E-state index in [1.165, 1.54) is 14.0 Å². The average Bonchev–Trinajstić information content (AvgIpc) is 2.86. The quantitative estimate of drug-likeness (QED) is 0.901. The molecule has 0 radical (unpaired) electrons. The van der Waals surface area contributed by atoms with Crippen LogP contribution in [0.15, 0.2) is 22.7 Å². The van der Waals surface area contributed by atoms with Gasteiger partial charge in [-0.2, -0.15) is 4.98 Å². The van der Waals surface area contributed by atoms with E-state index in [4.69, 9.17) is 15.0 Å². The molecular formula is C12H14FN3O2. The van der Waals surface area contributed by atoms with Gasteiger partial charge >= 0.3 is 0 Å². The molecule has 1 unspecified atom stereocenters. The number of hydrogen-bond donors (Lipinski definition) is 1. The highest BCUT2D eigenvalue weighted by Crippen LogP contribution is 2.35. The van der Waals surface area contributed by atoms with E-state index in [-0.39, 0.29) is 12.4 Å². The number of alkyl halides is 1. The van der Waals surface area contributed by atoms with E-state index in [9.17, 15) is 4.39 Å². The summed E-state index contributed by atoms with van der Waals surface area (Å²) in [5, 5.41) is 3.80. The highest BCUT2D eigenvalue weighted by molar-refractivity contribution is 5.68. The molecule has 0 aliphatic heterocycles. The van der Waals surface area contributed by atoms with Gasteiger partial charge in [-0.15, -0.1) is 0 Å². The smallest absolute Gasteiger partial charge is 0.240 e. The normalized spacial score (nSPS) is 12.4. The van der Waals surface area contributed by atoms with Crippen LogP contribution in [-0.4, -0.2) is 17.3 Å². The highest BCUT2D eigenvalue weighted by atomic mass is 19.1. The van der Waals surface area contributed by atoms with Gasteiger partial charge in [-0.3, -0.25) is 0 Å². The number of halogens is 1. The standard InChI is InChI=1S/C12H14FN3O2/c1-7(13)8-4-3-5-9(17-2)11(8)12-15-10(6-14)18-16-12/h3-5,7H,6,14H2,1-2H3. The third kappa shape index (κ3) is 2.19. The molecule has 2 rings (SSSR count). The Morgan fingerprint density at radius 1 is 1.50 bits per heavy atom. The Morgan fingerprint density at radius 2 is 2.28 bits per heavy atom. The number of nitrogens with zero attached hydrogens (tertiary/aromatic N) is 2. The Kier molecular flexibility index (Phi) is 3.57. The number of ether oxygens (including phenoxy) is 1. The molecule has 0 aliphatic carbocycles. The summed E-state index contributed by atoms with van der Waals surface area (Å²) in [4.78, 5) is 4.10. The summed E-state index contributed by atoms with van der Waals surface area (Å²) in [6.07, 6.45) is -1.16. The third-order valence-corrected chi connectivity index (χ3v) is 2.57. The molecule has 2 aromatic rings. The summed E-state index contributed by atoms with van der Waals surface area (Å²) >= 11 is 0. The van der Waals surface area contributed by atoms with Crippen LogP contribution >= 0.6 is 0 Å². The lowest BCUT2D eigenvalue weighted by Gasteiger charge is -2.11. The summed E-state index contributed by atoms with van der Waals surface area (Å²) in [7, 11) is 1.51. The second-order valence-electron chi connectivity index (χ2n) is 3.76. The number of hydrogen-bond acceptors (Lipinski definition) is 5. The van der Waals surface area contributed by atoms with Gasteiger partial charge in [0.05, 0.1) is 19.2 Å². The van der Waals surface area contributed by atoms with Gasteiger partial charge in [0, 0.05) is 5.56 Å². The van der Waals surface area contributed by atoms with E-state index < -0.39 is 6.17 Å². The van der Waals surface area contributed by atoms with Crippen molar-refractivity contribution in [3.05, 3.63) is 29.7 Å². The minimum Gasteiger partial charge on any atom is -0.496 e. The van der Waals surface area contributed by atoms with Gasteiger partial charge in [-0.25, -0.2) is 4.39 Å². The SMILES string of the molecule is COc1cccc(C(C)F)c1-c1noc(CN)n1. The maximum atomic E-state index is 13.6. The minimum atomic E-state index is -1.16. The number of methoxy groups -OCH3 is 1. The van der Waals surface area contributed by atoms with Crippen molar-refractivity contribution in [1.29, 1.82) is 0 Å². The number of benzene rings is 1. The molecule has 6 heteroatoms. The maximum Gasteiger partial charge on any atom is 0.240 e. The van der Waals surface area contributed by atoms with E-state index >= 15 is 0 Å². The van der Waals surface area contributed by atoms with Crippen molar-refractivity contribution in [2.24, 2.45) is 5.73 Å².